The number of benzene rings is 3. The summed E-state index contributed by atoms with van der Waals surface area (Å²) in [7, 11) is 0. The predicted molar refractivity (Wildman–Crippen MR) is 121 cm³/mol. The van der Waals surface area contributed by atoms with Gasteiger partial charge in [-0.15, -0.1) is 0 Å². The lowest BCUT2D eigenvalue weighted by atomic mass is 10.2. The van der Waals surface area contributed by atoms with E-state index in [-0.39, 0.29) is 24.3 Å². The highest BCUT2D eigenvalue weighted by Gasteiger charge is 2.08. The first kappa shape index (κ1) is 21.9. The van der Waals surface area contributed by atoms with E-state index >= 15 is 0 Å². The maximum atomic E-state index is 12.1. The number of carbonyl (C=O) groups is 2. The van der Waals surface area contributed by atoms with E-state index in [1.807, 2.05) is 44.2 Å². The highest BCUT2D eigenvalue weighted by atomic mass is 16.5. The van der Waals surface area contributed by atoms with Crippen LogP contribution >= 0.6 is 0 Å². The van der Waals surface area contributed by atoms with Crippen LogP contribution in [0.1, 0.15) is 19.4 Å². The zero-order valence-corrected chi connectivity index (χ0v) is 17.6. The van der Waals surface area contributed by atoms with Crippen LogP contribution in [0.15, 0.2) is 78.9 Å². The number of carbonyl (C=O) groups excluding carboxylic acids is 2. The van der Waals surface area contributed by atoms with Gasteiger partial charge in [0, 0.05) is 17.3 Å². The summed E-state index contributed by atoms with van der Waals surface area (Å²) in [6, 6.07) is 24.0. The first-order chi connectivity index (χ1) is 15.0. The standard InChI is InChI=1S/C25H26N2O4/c1-18(2)25(29)27-21-10-8-20(9-11-21)26-24(28)17-31-23-14-12-22(13-15-23)30-16-19-6-4-3-5-7-19/h3-15,18H,16-17H2,1-2H3,(H,26,28)(H,27,29). The number of amides is 2. The molecule has 0 radical (unpaired) electrons. The molecule has 0 spiro atoms. The Hall–Kier alpha value is -3.80. The molecule has 0 aliphatic rings. The largest absolute Gasteiger partial charge is 0.489 e. The molecule has 6 heteroatoms. The summed E-state index contributed by atoms with van der Waals surface area (Å²) in [5, 5.41) is 5.57. The third-order valence-electron chi connectivity index (χ3n) is 4.40. The van der Waals surface area contributed by atoms with E-state index in [0.717, 1.165) is 11.3 Å². The van der Waals surface area contributed by atoms with Crippen LogP contribution in [0.3, 0.4) is 0 Å². The number of nitrogens with one attached hydrogen (secondary N) is 2. The van der Waals surface area contributed by atoms with Crippen molar-refractivity contribution in [2.75, 3.05) is 17.2 Å². The lowest BCUT2D eigenvalue weighted by Crippen LogP contribution is -2.20. The van der Waals surface area contributed by atoms with Gasteiger partial charge in [-0.2, -0.15) is 0 Å². The molecule has 31 heavy (non-hydrogen) atoms. The zero-order chi connectivity index (χ0) is 22.1. The summed E-state index contributed by atoms with van der Waals surface area (Å²) in [4.78, 5) is 23.8. The molecule has 0 fully saturated rings. The van der Waals surface area contributed by atoms with Gasteiger partial charge in [0.25, 0.3) is 5.91 Å². The molecule has 0 saturated carbocycles. The summed E-state index contributed by atoms with van der Waals surface area (Å²) in [6.45, 7) is 4.03. The van der Waals surface area contributed by atoms with Crippen LogP contribution in [0.25, 0.3) is 0 Å². The molecule has 0 bridgehead atoms. The SMILES string of the molecule is CC(C)C(=O)Nc1ccc(NC(=O)COc2ccc(OCc3ccccc3)cc2)cc1. The minimum atomic E-state index is -0.275. The lowest BCUT2D eigenvalue weighted by molar-refractivity contribution is -0.119. The second kappa shape index (κ2) is 10.8. The second-order valence-corrected chi connectivity index (χ2v) is 7.30. The third-order valence-corrected chi connectivity index (χ3v) is 4.40. The fourth-order valence-corrected chi connectivity index (χ4v) is 2.64. The van der Waals surface area contributed by atoms with Gasteiger partial charge in [-0.05, 0) is 54.1 Å². The minimum Gasteiger partial charge on any atom is -0.489 e. The highest BCUT2D eigenvalue weighted by Crippen LogP contribution is 2.19. The summed E-state index contributed by atoms with van der Waals surface area (Å²) in [5.41, 5.74) is 2.40. The van der Waals surface area contributed by atoms with E-state index in [4.69, 9.17) is 9.47 Å². The van der Waals surface area contributed by atoms with E-state index < -0.39 is 0 Å². The first-order valence-electron chi connectivity index (χ1n) is 10.1. The van der Waals surface area contributed by atoms with Crippen molar-refractivity contribution in [2.45, 2.75) is 20.5 Å². The topological polar surface area (TPSA) is 76.7 Å². The number of hydrogen-bond acceptors (Lipinski definition) is 4. The van der Waals surface area contributed by atoms with E-state index in [0.29, 0.717) is 23.7 Å². The van der Waals surface area contributed by atoms with Gasteiger partial charge in [0.15, 0.2) is 6.61 Å². The van der Waals surface area contributed by atoms with Crippen molar-refractivity contribution >= 4 is 23.2 Å². The molecular formula is C25H26N2O4. The molecule has 3 aromatic rings. The molecule has 0 aliphatic carbocycles. The van der Waals surface area contributed by atoms with Gasteiger partial charge in [0.2, 0.25) is 5.91 Å². The number of rotatable bonds is 9. The van der Waals surface area contributed by atoms with Crippen molar-refractivity contribution in [2.24, 2.45) is 5.92 Å². The number of anilines is 2. The molecule has 3 aromatic carbocycles. The fourth-order valence-electron chi connectivity index (χ4n) is 2.64. The Morgan fingerprint density at radius 2 is 1.29 bits per heavy atom. The number of hydrogen-bond donors (Lipinski definition) is 2. The van der Waals surface area contributed by atoms with Crippen LogP contribution in [0.5, 0.6) is 11.5 Å². The molecule has 6 nitrogen and oxygen atoms in total. The van der Waals surface area contributed by atoms with Crippen molar-refractivity contribution in [3.63, 3.8) is 0 Å². The van der Waals surface area contributed by atoms with Crippen molar-refractivity contribution in [1.82, 2.24) is 0 Å². The molecule has 0 heterocycles. The van der Waals surface area contributed by atoms with E-state index in [9.17, 15) is 9.59 Å². The average molecular weight is 418 g/mol. The Morgan fingerprint density at radius 1 is 0.742 bits per heavy atom. The summed E-state index contributed by atoms with van der Waals surface area (Å²) in [5.74, 6) is 0.880. The van der Waals surface area contributed by atoms with Crippen molar-refractivity contribution in [1.29, 1.82) is 0 Å². The van der Waals surface area contributed by atoms with Crippen molar-refractivity contribution < 1.29 is 19.1 Å². The van der Waals surface area contributed by atoms with Crippen LogP contribution in [-0.2, 0) is 16.2 Å². The van der Waals surface area contributed by atoms with Crippen molar-refractivity contribution in [3.8, 4) is 11.5 Å². The van der Waals surface area contributed by atoms with Gasteiger partial charge in [0.05, 0.1) is 0 Å². The van der Waals surface area contributed by atoms with Crippen LogP contribution in [-0.4, -0.2) is 18.4 Å². The molecule has 0 aliphatic heterocycles. The Labute approximate surface area is 182 Å². The number of ether oxygens (including phenoxy) is 2. The van der Waals surface area contributed by atoms with Crippen LogP contribution in [0.4, 0.5) is 11.4 Å². The predicted octanol–water partition coefficient (Wildman–Crippen LogP) is 4.88. The van der Waals surface area contributed by atoms with Gasteiger partial charge in [-0.25, -0.2) is 0 Å². The monoisotopic (exact) mass is 418 g/mol. The zero-order valence-electron chi connectivity index (χ0n) is 17.6. The van der Waals surface area contributed by atoms with Gasteiger partial charge in [-0.3, -0.25) is 9.59 Å². The second-order valence-electron chi connectivity index (χ2n) is 7.30. The molecule has 160 valence electrons. The van der Waals surface area contributed by atoms with Gasteiger partial charge >= 0.3 is 0 Å². The maximum absolute atomic E-state index is 12.1. The van der Waals surface area contributed by atoms with E-state index in [2.05, 4.69) is 10.6 Å². The minimum absolute atomic E-state index is 0.0540. The molecule has 0 aromatic heterocycles. The van der Waals surface area contributed by atoms with Gasteiger partial charge < -0.3 is 20.1 Å². The Balaban J connectivity index is 1.42. The molecule has 2 amide bonds. The van der Waals surface area contributed by atoms with Gasteiger partial charge in [-0.1, -0.05) is 44.2 Å². The molecule has 3 rings (SSSR count). The van der Waals surface area contributed by atoms with E-state index in [1.165, 1.54) is 0 Å². The quantitative estimate of drug-likeness (QED) is 0.519. The Bertz CT molecular complexity index is 984. The van der Waals surface area contributed by atoms with Crippen LogP contribution in [0, 0.1) is 5.92 Å². The maximum Gasteiger partial charge on any atom is 0.262 e. The molecule has 0 atom stereocenters. The smallest absolute Gasteiger partial charge is 0.262 e. The summed E-state index contributed by atoms with van der Waals surface area (Å²) < 4.78 is 11.3. The molecule has 0 unspecified atom stereocenters. The van der Waals surface area contributed by atoms with Crippen molar-refractivity contribution in [3.05, 3.63) is 84.4 Å². The van der Waals surface area contributed by atoms with Crippen LogP contribution < -0.4 is 20.1 Å². The van der Waals surface area contributed by atoms with Crippen LogP contribution in [0.2, 0.25) is 0 Å². The summed E-state index contributed by atoms with van der Waals surface area (Å²) >= 11 is 0. The normalized spacial score (nSPS) is 10.4. The first-order valence-corrected chi connectivity index (χ1v) is 10.1. The average Bonchev–Trinajstić information content (AvgIpc) is 2.79. The lowest BCUT2D eigenvalue weighted by Gasteiger charge is -2.10. The third kappa shape index (κ3) is 7.19. The Morgan fingerprint density at radius 3 is 1.87 bits per heavy atom. The van der Waals surface area contributed by atoms with Gasteiger partial charge in [0.1, 0.15) is 18.1 Å². The molecular weight excluding hydrogens is 392 g/mol. The summed E-state index contributed by atoms with van der Waals surface area (Å²) in [6.07, 6.45) is 0. The van der Waals surface area contributed by atoms with E-state index in [1.54, 1.807) is 48.5 Å². The molecule has 2 N–H and O–H groups in total. The fraction of sp³-hybridized carbons (Fsp3) is 0.200. The molecule has 0 saturated heterocycles. The Kier molecular flexibility index (Phi) is 7.65. The highest BCUT2D eigenvalue weighted by molar-refractivity contribution is 5.94.